The van der Waals surface area contributed by atoms with Gasteiger partial charge in [-0.25, -0.2) is 4.98 Å². The van der Waals surface area contributed by atoms with Gasteiger partial charge in [0.15, 0.2) is 5.78 Å². The van der Waals surface area contributed by atoms with Crippen molar-refractivity contribution in [1.82, 2.24) is 4.98 Å². The van der Waals surface area contributed by atoms with Crippen LogP contribution in [-0.4, -0.2) is 25.0 Å². The van der Waals surface area contributed by atoms with E-state index in [2.05, 4.69) is 60.7 Å². The number of fused-ring (bicyclic) bond motifs is 16. The van der Waals surface area contributed by atoms with Gasteiger partial charge in [0.2, 0.25) is 0 Å². The van der Waals surface area contributed by atoms with Crippen LogP contribution in [0.1, 0.15) is 57.9 Å². The number of carbonyl (C=O) groups excluding carboxylic acids is 1. The predicted octanol–water partition coefficient (Wildman–Crippen LogP) is 7.90. The van der Waals surface area contributed by atoms with Crippen LogP contribution in [0.4, 0.5) is 0 Å². The van der Waals surface area contributed by atoms with Crippen molar-refractivity contribution in [2.75, 3.05) is 14.2 Å². The molecule has 0 N–H and O–H groups in total. The van der Waals surface area contributed by atoms with Crippen LogP contribution in [0.2, 0.25) is 0 Å². The molecule has 38 heavy (non-hydrogen) atoms. The first-order valence-electron chi connectivity index (χ1n) is 13.1. The number of pyridine rings is 1. The zero-order valence-corrected chi connectivity index (χ0v) is 21.5. The quantitative estimate of drug-likeness (QED) is 0.185. The second kappa shape index (κ2) is 7.55. The maximum atomic E-state index is 13.2. The van der Waals surface area contributed by atoms with Crippen molar-refractivity contribution in [3.8, 4) is 11.5 Å². The summed E-state index contributed by atoms with van der Waals surface area (Å²) in [5.41, 5.74) is 6.13. The number of benzene rings is 5. The number of aromatic nitrogens is 1. The third-order valence-corrected chi connectivity index (χ3v) is 8.75. The Morgan fingerprint density at radius 2 is 1.13 bits per heavy atom. The highest BCUT2D eigenvalue weighted by atomic mass is 16.5. The molecule has 2 aliphatic rings. The molecule has 6 aromatic rings. The minimum atomic E-state index is 0.00112. The molecule has 4 heteroatoms. The average Bonchev–Trinajstić information content (AvgIpc) is 3.53. The number of rotatable bonds is 3. The number of nitrogens with zero attached hydrogens (tertiary/aromatic N) is 1. The molecule has 1 aromatic heterocycles. The van der Waals surface area contributed by atoms with Crippen LogP contribution in [-0.2, 0) is 0 Å². The number of ether oxygens (including phenoxy) is 2. The number of hydrogen-bond acceptors (Lipinski definition) is 4. The summed E-state index contributed by atoms with van der Waals surface area (Å²) in [6.45, 7) is 1.64. The molecule has 0 radical (unpaired) electrons. The highest BCUT2D eigenvalue weighted by molar-refractivity contribution is 6.26. The van der Waals surface area contributed by atoms with Crippen molar-refractivity contribution in [3.05, 3.63) is 101 Å². The lowest BCUT2D eigenvalue weighted by atomic mass is 9.79. The van der Waals surface area contributed by atoms with Gasteiger partial charge in [-0.15, -0.1) is 0 Å². The summed E-state index contributed by atoms with van der Waals surface area (Å²) < 4.78 is 12.2. The van der Waals surface area contributed by atoms with Crippen LogP contribution in [0.25, 0.3) is 43.2 Å². The number of methoxy groups -OCH3 is 2. The van der Waals surface area contributed by atoms with Gasteiger partial charge in [-0.1, -0.05) is 72.8 Å². The van der Waals surface area contributed by atoms with Gasteiger partial charge < -0.3 is 9.47 Å². The number of Topliss-reactive ketones (excluding diaryl/α,β-unsaturated/α-hetero) is 1. The topological polar surface area (TPSA) is 48.4 Å². The van der Waals surface area contributed by atoms with Crippen LogP contribution >= 0.6 is 0 Å². The normalized spacial score (nSPS) is 17.3. The van der Waals surface area contributed by atoms with E-state index in [0.717, 1.165) is 61.5 Å². The van der Waals surface area contributed by atoms with Crippen molar-refractivity contribution < 1.29 is 14.3 Å². The fourth-order valence-corrected chi connectivity index (χ4v) is 7.47. The van der Waals surface area contributed by atoms with E-state index in [4.69, 9.17) is 14.5 Å². The zero-order chi connectivity index (χ0) is 25.7. The molecule has 2 aliphatic carbocycles. The van der Waals surface area contributed by atoms with Gasteiger partial charge in [0.25, 0.3) is 0 Å². The lowest BCUT2D eigenvalue weighted by Gasteiger charge is -2.28. The molecule has 0 fully saturated rings. The van der Waals surface area contributed by atoms with Crippen molar-refractivity contribution in [2.24, 2.45) is 0 Å². The molecule has 0 saturated heterocycles. The van der Waals surface area contributed by atoms with E-state index in [0.29, 0.717) is 5.69 Å². The van der Waals surface area contributed by atoms with Crippen molar-refractivity contribution in [1.29, 1.82) is 0 Å². The Morgan fingerprint density at radius 3 is 1.68 bits per heavy atom. The van der Waals surface area contributed by atoms with Gasteiger partial charge in [-0.05, 0) is 33.7 Å². The number of ketones is 1. The Labute approximate surface area is 219 Å². The Bertz CT molecular complexity index is 2020. The fraction of sp³-hybridized carbons (Fsp3) is 0.176. The highest BCUT2D eigenvalue weighted by Crippen LogP contribution is 2.65. The summed E-state index contributed by atoms with van der Waals surface area (Å²) in [5.74, 6) is 1.91. The highest BCUT2D eigenvalue weighted by Gasteiger charge is 2.49. The Morgan fingerprint density at radius 1 is 0.658 bits per heavy atom. The summed E-state index contributed by atoms with van der Waals surface area (Å²) in [6.07, 6.45) is 0.885. The molecule has 4 nitrogen and oxygen atoms in total. The lowest BCUT2D eigenvalue weighted by molar-refractivity contribution is 0.101. The maximum absolute atomic E-state index is 13.2. The standard InChI is InChI=1S/C34H25NO3/c1-17(36)31-28-25-16-24(29-30(25)34(38-3)23-15-9-8-14-22(23)33(29)37-2)26(28)27-20-12-6-4-10-18(20)19-11-5-7-13-21(19)32(27)35-31/h4-15,24-25H,16H2,1-3H3. The van der Waals surface area contributed by atoms with Gasteiger partial charge in [0, 0.05) is 51.4 Å². The first-order chi connectivity index (χ1) is 18.6. The number of carbonyl (C=O) groups is 1. The fourth-order valence-electron chi connectivity index (χ4n) is 7.47. The van der Waals surface area contributed by atoms with Gasteiger partial charge in [0.1, 0.15) is 17.2 Å². The first kappa shape index (κ1) is 21.6. The Kier molecular flexibility index (Phi) is 4.29. The summed E-state index contributed by atoms with van der Waals surface area (Å²) in [4.78, 5) is 18.4. The maximum Gasteiger partial charge on any atom is 0.178 e. The van der Waals surface area contributed by atoms with Crippen LogP contribution in [0.3, 0.4) is 0 Å². The van der Waals surface area contributed by atoms with E-state index in [9.17, 15) is 4.79 Å². The molecule has 5 aromatic carbocycles. The van der Waals surface area contributed by atoms with E-state index >= 15 is 0 Å². The monoisotopic (exact) mass is 495 g/mol. The summed E-state index contributed by atoms with van der Waals surface area (Å²) in [7, 11) is 3.50. The van der Waals surface area contributed by atoms with Crippen LogP contribution in [0.15, 0.2) is 72.8 Å². The predicted molar refractivity (Wildman–Crippen MR) is 152 cm³/mol. The number of hydrogen-bond donors (Lipinski definition) is 0. The second-order valence-corrected chi connectivity index (χ2v) is 10.4. The molecule has 0 aliphatic heterocycles. The largest absolute Gasteiger partial charge is 0.496 e. The van der Waals surface area contributed by atoms with Gasteiger partial charge >= 0.3 is 0 Å². The van der Waals surface area contributed by atoms with Crippen molar-refractivity contribution in [2.45, 2.75) is 25.2 Å². The summed E-state index contributed by atoms with van der Waals surface area (Å²) in [5, 5.41) is 7.88. The van der Waals surface area contributed by atoms with E-state index in [-0.39, 0.29) is 17.6 Å². The van der Waals surface area contributed by atoms with Crippen LogP contribution in [0, 0.1) is 0 Å². The smallest absolute Gasteiger partial charge is 0.178 e. The van der Waals surface area contributed by atoms with Crippen LogP contribution < -0.4 is 9.47 Å². The van der Waals surface area contributed by atoms with Gasteiger partial charge in [-0.2, -0.15) is 0 Å². The van der Waals surface area contributed by atoms with Gasteiger partial charge in [0.05, 0.1) is 19.7 Å². The molecule has 0 amide bonds. The molecule has 0 saturated carbocycles. The molecule has 0 spiro atoms. The van der Waals surface area contributed by atoms with E-state index in [1.165, 1.54) is 21.9 Å². The molecule has 2 bridgehead atoms. The third kappa shape index (κ3) is 2.50. The SMILES string of the molecule is COc1c2c(c(OC)c3ccccc13)C1CC2c2c(C(C)=O)nc3c4ccccc4c4ccccc4c3c21. The molecule has 2 unspecified atom stereocenters. The van der Waals surface area contributed by atoms with E-state index < -0.39 is 0 Å². The molecule has 8 rings (SSSR count). The minimum Gasteiger partial charge on any atom is -0.496 e. The van der Waals surface area contributed by atoms with Gasteiger partial charge in [-0.3, -0.25) is 4.79 Å². The zero-order valence-electron chi connectivity index (χ0n) is 21.5. The molecule has 184 valence electrons. The van der Waals surface area contributed by atoms with Crippen LogP contribution in [0.5, 0.6) is 11.5 Å². The lowest BCUT2D eigenvalue weighted by Crippen LogP contribution is -2.14. The van der Waals surface area contributed by atoms with Crippen molar-refractivity contribution in [3.63, 3.8) is 0 Å². The first-order valence-corrected chi connectivity index (χ1v) is 13.1. The Balaban J connectivity index is 1.60. The Hall–Kier alpha value is -4.44. The average molecular weight is 496 g/mol. The third-order valence-electron chi connectivity index (χ3n) is 8.75. The van der Waals surface area contributed by atoms with Crippen molar-refractivity contribution >= 4 is 49.0 Å². The molecule has 1 heterocycles. The second-order valence-electron chi connectivity index (χ2n) is 10.4. The summed E-state index contributed by atoms with van der Waals surface area (Å²) >= 11 is 0. The minimum absolute atomic E-state index is 0.00112. The summed E-state index contributed by atoms with van der Waals surface area (Å²) in [6, 6.07) is 25.3. The molecular formula is C34H25NO3. The van der Waals surface area contributed by atoms with E-state index in [1.54, 1.807) is 21.1 Å². The molecule has 2 atom stereocenters. The van der Waals surface area contributed by atoms with E-state index in [1.807, 2.05) is 12.1 Å². The molecular weight excluding hydrogens is 470 g/mol.